The first kappa shape index (κ1) is 11.7. The molecule has 92 valence electrons. The average molecular weight is 236 g/mol. The van der Waals surface area contributed by atoms with Gasteiger partial charge in [0.25, 0.3) is 0 Å². The molecule has 3 N–H and O–H groups in total. The molecule has 17 heavy (non-hydrogen) atoms. The quantitative estimate of drug-likeness (QED) is 0.475. The number of hydrogen-bond acceptors (Lipinski definition) is 5. The van der Waals surface area contributed by atoms with Crippen LogP contribution in [0.4, 0.5) is 17.1 Å². The van der Waals surface area contributed by atoms with Gasteiger partial charge >= 0.3 is 5.69 Å². The van der Waals surface area contributed by atoms with Crippen LogP contribution in [0.2, 0.25) is 0 Å². The van der Waals surface area contributed by atoms with Gasteiger partial charge in [-0.15, -0.1) is 0 Å². The van der Waals surface area contributed by atoms with E-state index in [1.807, 2.05) is 0 Å². The zero-order chi connectivity index (χ0) is 12.3. The van der Waals surface area contributed by atoms with Gasteiger partial charge in [0, 0.05) is 13.1 Å². The molecular weight excluding hydrogens is 220 g/mol. The van der Waals surface area contributed by atoms with Crippen molar-refractivity contribution in [3.8, 4) is 0 Å². The van der Waals surface area contributed by atoms with Crippen molar-refractivity contribution in [2.24, 2.45) is 5.84 Å². The Morgan fingerprint density at radius 1 is 1.29 bits per heavy atom. The van der Waals surface area contributed by atoms with Crippen LogP contribution in [0.3, 0.4) is 0 Å². The maximum absolute atomic E-state index is 11.1. The van der Waals surface area contributed by atoms with Gasteiger partial charge in [0.05, 0.1) is 4.92 Å². The highest BCUT2D eigenvalue weighted by Crippen LogP contribution is 2.36. The molecule has 6 nitrogen and oxygen atoms in total. The van der Waals surface area contributed by atoms with Crippen molar-refractivity contribution in [1.29, 1.82) is 0 Å². The maximum Gasteiger partial charge on any atom is 0.316 e. The second-order valence-corrected chi connectivity index (χ2v) is 4.12. The summed E-state index contributed by atoms with van der Waals surface area (Å²) in [6, 6.07) is 5.18. The number of hydrogen-bond donors (Lipinski definition) is 2. The normalized spacial score (nSPS) is 15.7. The Hall–Kier alpha value is -1.82. The SMILES string of the molecule is NNc1cccc(N2CCCCC2)c1[N+](=O)[O-]. The number of nitrogens with two attached hydrogens (primary N) is 1. The highest BCUT2D eigenvalue weighted by molar-refractivity contribution is 5.76. The minimum Gasteiger partial charge on any atom is -0.366 e. The molecule has 1 fully saturated rings. The lowest BCUT2D eigenvalue weighted by molar-refractivity contribution is -0.383. The molecule has 1 aliphatic heterocycles. The predicted octanol–water partition coefficient (Wildman–Crippen LogP) is 1.87. The molecule has 0 aliphatic carbocycles. The lowest BCUT2D eigenvalue weighted by atomic mass is 10.1. The molecule has 0 unspecified atom stereocenters. The standard InChI is InChI=1S/C11H16N4O2/c12-13-9-5-4-6-10(11(9)15(16)17)14-7-2-1-3-8-14/h4-6,13H,1-3,7-8,12H2. The zero-order valence-corrected chi connectivity index (χ0v) is 9.56. The van der Waals surface area contributed by atoms with E-state index >= 15 is 0 Å². The van der Waals surface area contributed by atoms with E-state index in [9.17, 15) is 10.1 Å². The fourth-order valence-electron chi connectivity index (χ4n) is 2.23. The predicted molar refractivity (Wildman–Crippen MR) is 67.0 cm³/mol. The van der Waals surface area contributed by atoms with Crippen LogP contribution < -0.4 is 16.2 Å². The number of nitrogens with zero attached hydrogens (tertiary/aromatic N) is 2. The minimum atomic E-state index is -0.376. The third-order valence-electron chi connectivity index (χ3n) is 3.05. The van der Waals surface area contributed by atoms with Crippen LogP contribution in [0.5, 0.6) is 0 Å². The number of benzene rings is 1. The van der Waals surface area contributed by atoms with Crippen LogP contribution >= 0.6 is 0 Å². The van der Waals surface area contributed by atoms with Crippen molar-refractivity contribution in [2.45, 2.75) is 19.3 Å². The smallest absolute Gasteiger partial charge is 0.316 e. The Bertz CT molecular complexity index is 416. The number of nitrogens with one attached hydrogen (secondary N) is 1. The summed E-state index contributed by atoms with van der Waals surface area (Å²) in [5.74, 6) is 5.31. The van der Waals surface area contributed by atoms with Gasteiger partial charge in [-0.05, 0) is 31.4 Å². The van der Waals surface area contributed by atoms with E-state index in [1.54, 1.807) is 18.2 Å². The molecule has 1 aliphatic rings. The van der Waals surface area contributed by atoms with Gasteiger partial charge in [-0.2, -0.15) is 0 Å². The van der Waals surface area contributed by atoms with Gasteiger partial charge in [-0.3, -0.25) is 16.0 Å². The number of piperidine rings is 1. The fourth-order valence-corrected chi connectivity index (χ4v) is 2.23. The van der Waals surface area contributed by atoms with Crippen molar-refractivity contribution in [3.05, 3.63) is 28.3 Å². The molecule has 0 radical (unpaired) electrons. The van der Waals surface area contributed by atoms with Gasteiger partial charge in [-0.25, -0.2) is 0 Å². The summed E-state index contributed by atoms with van der Waals surface area (Å²) < 4.78 is 0. The molecule has 0 amide bonds. The van der Waals surface area contributed by atoms with Gasteiger partial charge in [0.15, 0.2) is 0 Å². The van der Waals surface area contributed by atoms with Crippen LogP contribution in [-0.4, -0.2) is 18.0 Å². The average Bonchev–Trinajstić information content (AvgIpc) is 2.38. The van der Waals surface area contributed by atoms with Crippen LogP contribution in [0, 0.1) is 10.1 Å². The number of para-hydroxylation sites is 1. The summed E-state index contributed by atoms with van der Waals surface area (Å²) >= 11 is 0. The number of nitro benzene ring substituents is 1. The highest BCUT2D eigenvalue weighted by Gasteiger charge is 2.24. The molecule has 6 heteroatoms. The van der Waals surface area contributed by atoms with Gasteiger partial charge in [0.1, 0.15) is 11.4 Å². The number of nitrogen functional groups attached to an aromatic ring is 1. The Labute approximate surface area is 99.5 Å². The summed E-state index contributed by atoms with van der Waals surface area (Å²) in [6.07, 6.45) is 3.36. The Balaban J connectivity index is 2.40. The molecular formula is C11H16N4O2. The summed E-state index contributed by atoms with van der Waals surface area (Å²) in [4.78, 5) is 12.8. The van der Waals surface area contributed by atoms with Crippen molar-refractivity contribution < 1.29 is 4.92 Å². The first-order valence-corrected chi connectivity index (χ1v) is 5.73. The van der Waals surface area contributed by atoms with E-state index in [2.05, 4.69) is 10.3 Å². The topological polar surface area (TPSA) is 84.4 Å². The number of hydrazine groups is 1. The van der Waals surface area contributed by atoms with Crippen molar-refractivity contribution in [1.82, 2.24) is 0 Å². The Morgan fingerprint density at radius 3 is 2.59 bits per heavy atom. The van der Waals surface area contributed by atoms with Crippen LogP contribution in [0.1, 0.15) is 19.3 Å². The van der Waals surface area contributed by atoms with E-state index in [0.29, 0.717) is 11.4 Å². The first-order valence-electron chi connectivity index (χ1n) is 5.73. The molecule has 1 aromatic carbocycles. The van der Waals surface area contributed by atoms with E-state index in [4.69, 9.17) is 5.84 Å². The molecule has 1 heterocycles. The number of rotatable bonds is 3. The molecule has 0 saturated carbocycles. The lowest BCUT2D eigenvalue weighted by Crippen LogP contribution is -2.30. The third kappa shape index (κ3) is 2.31. The summed E-state index contributed by atoms with van der Waals surface area (Å²) in [5.41, 5.74) is 3.47. The number of anilines is 2. The van der Waals surface area contributed by atoms with Crippen molar-refractivity contribution in [2.75, 3.05) is 23.4 Å². The second-order valence-electron chi connectivity index (χ2n) is 4.12. The van der Waals surface area contributed by atoms with Gasteiger partial charge < -0.3 is 10.3 Å². The molecule has 2 rings (SSSR count). The van der Waals surface area contributed by atoms with Crippen molar-refractivity contribution in [3.63, 3.8) is 0 Å². The van der Waals surface area contributed by atoms with E-state index in [1.165, 1.54) is 6.42 Å². The van der Waals surface area contributed by atoms with Crippen LogP contribution in [0.25, 0.3) is 0 Å². The Morgan fingerprint density at radius 2 is 2.00 bits per heavy atom. The Kier molecular flexibility index (Phi) is 3.43. The molecule has 1 aromatic rings. The summed E-state index contributed by atoms with van der Waals surface area (Å²) in [5, 5.41) is 11.1. The first-order chi connectivity index (χ1) is 8.24. The lowest BCUT2D eigenvalue weighted by Gasteiger charge is -2.28. The van der Waals surface area contributed by atoms with Crippen LogP contribution in [0.15, 0.2) is 18.2 Å². The molecule has 0 atom stereocenters. The molecule has 0 bridgehead atoms. The summed E-state index contributed by atoms with van der Waals surface area (Å²) in [6.45, 7) is 1.74. The zero-order valence-electron chi connectivity index (χ0n) is 9.56. The minimum absolute atomic E-state index is 0.0666. The van der Waals surface area contributed by atoms with E-state index in [0.717, 1.165) is 25.9 Å². The van der Waals surface area contributed by atoms with Crippen molar-refractivity contribution >= 4 is 17.1 Å². The number of nitro groups is 1. The highest BCUT2D eigenvalue weighted by atomic mass is 16.6. The monoisotopic (exact) mass is 236 g/mol. The van der Waals surface area contributed by atoms with Crippen LogP contribution in [-0.2, 0) is 0 Å². The van der Waals surface area contributed by atoms with E-state index in [-0.39, 0.29) is 10.6 Å². The van der Waals surface area contributed by atoms with E-state index < -0.39 is 0 Å². The molecule has 1 saturated heterocycles. The molecule has 0 spiro atoms. The molecule has 0 aromatic heterocycles. The van der Waals surface area contributed by atoms with Gasteiger partial charge in [-0.1, -0.05) is 6.07 Å². The maximum atomic E-state index is 11.1. The third-order valence-corrected chi connectivity index (χ3v) is 3.05. The summed E-state index contributed by atoms with van der Waals surface area (Å²) in [7, 11) is 0. The van der Waals surface area contributed by atoms with Gasteiger partial charge in [0.2, 0.25) is 0 Å². The largest absolute Gasteiger partial charge is 0.366 e. The fraction of sp³-hybridized carbons (Fsp3) is 0.455. The second kappa shape index (κ2) is 5.01.